The lowest BCUT2D eigenvalue weighted by atomic mass is 9.98. The highest BCUT2D eigenvalue weighted by molar-refractivity contribution is 5.66. The second kappa shape index (κ2) is 7.74. The Bertz CT molecular complexity index is 456. The van der Waals surface area contributed by atoms with Crippen LogP contribution >= 0.6 is 0 Å². The molecule has 1 heterocycles. The zero-order chi connectivity index (χ0) is 15.2. The number of piperidine rings is 1. The van der Waals surface area contributed by atoms with Crippen LogP contribution in [-0.2, 0) is 0 Å². The van der Waals surface area contributed by atoms with Crippen molar-refractivity contribution in [3.63, 3.8) is 0 Å². The first-order valence-corrected chi connectivity index (χ1v) is 7.96. The number of aliphatic hydroxyl groups is 1. The van der Waals surface area contributed by atoms with E-state index in [1.54, 1.807) is 0 Å². The molecule has 0 bridgehead atoms. The Morgan fingerprint density at radius 2 is 2.10 bits per heavy atom. The molecule has 1 fully saturated rings. The molecule has 0 amide bonds. The molecule has 116 valence electrons. The van der Waals surface area contributed by atoms with Crippen molar-refractivity contribution in [3.8, 4) is 0 Å². The first kappa shape index (κ1) is 16.2. The normalized spacial score (nSPS) is 24.5. The highest BCUT2D eigenvalue weighted by Gasteiger charge is 2.25. The fourth-order valence-corrected chi connectivity index (χ4v) is 2.70. The van der Waals surface area contributed by atoms with E-state index in [1.807, 2.05) is 6.07 Å². The molecule has 2 rings (SSSR count). The first-order chi connectivity index (χ1) is 10.1. The summed E-state index contributed by atoms with van der Waals surface area (Å²) in [6.07, 6.45) is 3.90. The zero-order valence-corrected chi connectivity index (χ0v) is 13.2. The van der Waals surface area contributed by atoms with Gasteiger partial charge < -0.3 is 10.8 Å². The number of allylic oxidation sites excluding steroid dienone is 1. The van der Waals surface area contributed by atoms with Crippen LogP contribution in [0.4, 0.5) is 0 Å². The summed E-state index contributed by atoms with van der Waals surface area (Å²) >= 11 is 0. The van der Waals surface area contributed by atoms with Crippen molar-refractivity contribution in [2.45, 2.75) is 38.8 Å². The molecule has 1 aliphatic rings. The number of hydrogen-bond acceptors (Lipinski definition) is 3. The lowest BCUT2D eigenvalue weighted by Gasteiger charge is -2.34. The van der Waals surface area contributed by atoms with E-state index in [0.29, 0.717) is 12.5 Å². The molecule has 0 aromatic heterocycles. The fraction of sp³-hybridized carbons (Fsp3) is 0.556. The van der Waals surface area contributed by atoms with E-state index in [0.717, 1.165) is 25.9 Å². The monoisotopic (exact) mass is 288 g/mol. The van der Waals surface area contributed by atoms with E-state index in [-0.39, 0.29) is 6.04 Å². The second-order valence-electron chi connectivity index (χ2n) is 6.48. The van der Waals surface area contributed by atoms with E-state index in [4.69, 9.17) is 5.73 Å². The third-order valence-corrected chi connectivity index (χ3v) is 4.09. The van der Waals surface area contributed by atoms with Gasteiger partial charge in [0.25, 0.3) is 0 Å². The van der Waals surface area contributed by atoms with Gasteiger partial charge in [0.2, 0.25) is 0 Å². The predicted molar refractivity (Wildman–Crippen MR) is 88.9 cm³/mol. The third-order valence-electron chi connectivity index (χ3n) is 4.09. The van der Waals surface area contributed by atoms with Crippen molar-refractivity contribution >= 4 is 5.57 Å². The molecule has 0 aliphatic carbocycles. The Hall–Kier alpha value is -1.16. The lowest BCUT2D eigenvalue weighted by Crippen LogP contribution is -2.50. The van der Waals surface area contributed by atoms with Crippen LogP contribution in [0.5, 0.6) is 0 Å². The van der Waals surface area contributed by atoms with Gasteiger partial charge in [-0.1, -0.05) is 50.3 Å². The van der Waals surface area contributed by atoms with Crippen LogP contribution in [-0.4, -0.2) is 41.8 Å². The highest BCUT2D eigenvalue weighted by Crippen LogP contribution is 2.20. The summed E-state index contributed by atoms with van der Waals surface area (Å²) in [6, 6.07) is 10.5. The lowest BCUT2D eigenvalue weighted by molar-refractivity contribution is 0.0602. The van der Waals surface area contributed by atoms with Gasteiger partial charge in [-0.3, -0.25) is 4.90 Å². The van der Waals surface area contributed by atoms with Gasteiger partial charge in [-0.15, -0.1) is 0 Å². The summed E-state index contributed by atoms with van der Waals surface area (Å²) in [5, 5.41) is 9.96. The Labute approximate surface area is 128 Å². The standard InChI is InChI=1S/C18H28N2O/c1-14(2)8-9-16(15-6-4-3-5-7-15)12-20-11-10-17(19)18(21)13-20/h3-7,9,14,17-18,21H,8,10-13,19H2,1-2H3/b16-9+/t17-,18-/m0/s1. The minimum absolute atomic E-state index is 0.0685. The quantitative estimate of drug-likeness (QED) is 0.875. The smallest absolute Gasteiger partial charge is 0.0818 e. The van der Waals surface area contributed by atoms with Crippen LogP contribution in [0.2, 0.25) is 0 Å². The van der Waals surface area contributed by atoms with Gasteiger partial charge in [-0.2, -0.15) is 0 Å². The van der Waals surface area contributed by atoms with Crippen molar-refractivity contribution in [2.75, 3.05) is 19.6 Å². The van der Waals surface area contributed by atoms with Crippen LogP contribution in [0, 0.1) is 5.92 Å². The number of nitrogens with two attached hydrogens (primary N) is 1. The molecule has 2 atom stereocenters. The van der Waals surface area contributed by atoms with Gasteiger partial charge in [-0.25, -0.2) is 0 Å². The molecule has 1 aliphatic heterocycles. The number of nitrogens with zero attached hydrogens (tertiary/aromatic N) is 1. The SMILES string of the molecule is CC(C)C/C=C(\CN1CC[C@H](N)[C@@H](O)C1)c1ccccc1. The number of rotatable bonds is 5. The fourth-order valence-electron chi connectivity index (χ4n) is 2.70. The van der Waals surface area contributed by atoms with E-state index >= 15 is 0 Å². The molecule has 0 unspecified atom stereocenters. The summed E-state index contributed by atoms with van der Waals surface area (Å²) in [5.74, 6) is 0.657. The number of likely N-dealkylation sites (tertiary alicyclic amines) is 1. The minimum atomic E-state index is -0.402. The van der Waals surface area contributed by atoms with Crippen molar-refractivity contribution < 1.29 is 5.11 Å². The minimum Gasteiger partial charge on any atom is -0.390 e. The van der Waals surface area contributed by atoms with E-state index in [9.17, 15) is 5.11 Å². The Morgan fingerprint density at radius 1 is 1.38 bits per heavy atom. The Morgan fingerprint density at radius 3 is 2.71 bits per heavy atom. The van der Waals surface area contributed by atoms with E-state index in [2.05, 4.69) is 49.1 Å². The van der Waals surface area contributed by atoms with Crippen molar-refractivity contribution in [1.29, 1.82) is 0 Å². The Kier molecular flexibility index (Phi) is 5.97. The summed E-state index contributed by atoms with van der Waals surface area (Å²) < 4.78 is 0. The molecule has 21 heavy (non-hydrogen) atoms. The molecule has 3 nitrogen and oxygen atoms in total. The molecule has 1 aromatic rings. The van der Waals surface area contributed by atoms with Crippen LogP contribution in [0.25, 0.3) is 5.57 Å². The molecular weight excluding hydrogens is 260 g/mol. The average Bonchev–Trinajstić information content (AvgIpc) is 2.48. The third kappa shape index (κ3) is 4.95. The predicted octanol–water partition coefficient (Wildman–Crippen LogP) is 2.51. The summed E-state index contributed by atoms with van der Waals surface area (Å²) in [6.45, 7) is 7.00. The maximum absolute atomic E-state index is 9.96. The Balaban J connectivity index is 2.08. The van der Waals surface area contributed by atoms with Gasteiger partial charge in [-0.05, 0) is 29.9 Å². The maximum Gasteiger partial charge on any atom is 0.0818 e. The van der Waals surface area contributed by atoms with Crippen molar-refractivity contribution in [1.82, 2.24) is 4.90 Å². The number of aliphatic hydroxyl groups excluding tert-OH is 1. The maximum atomic E-state index is 9.96. The molecule has 0 saturated carbocycles. The average molecular weight is 288 g/mol. The highest BCUT2D eigenvalue weighted by atomic mass is 16.3. The van der Waals surface area contributed by atoms with Gasteiger partial charge in [0, 0.05) is 25.7 Å². The largest absolute Gasteiger partial charge is 0.390 e. The van der Waals surface area contributed by atoms with Gasteiger partial charge in [0.1, 0.15) is 0 Å². The molecule has 3 N–H and O–H groups in total. The molecule has 3 heteroatoms. The molecule has 1 saturated heterocycles. The van der Waals surface area contributed by atoms with Gasteiger partial charge in [0.15, 0.2) is 0 Å². The van der Waals surface area contributed by atoms with E-state index in [1.165, 1.54) is 11.1 Å². The second-order valence-corrected chi connectivity index (χ2v) is 6.48. The van der Waals surface area contributed by atoms with Gasteiger partial charge >= 0.3 is 0 Å². The number of β-amino-alcohol motifs (C(OH)–C–C–N with tert-alkyl or cyclic N) is 1. The van der Waals surface area contributed by atoms with Crippen LogP contribution in [0.1, 0.15) is 32.3 Å². The first-order valence-electron chi connectivity index (χ1n) is 7.96. The van der Waals surface area contributed by atoms with Crippen LogP contribution < -0.4 is 5.73 Å². The van der Waals surface area contributed by atoms with Gasteiger partial charge in [0.05, 0.1) is 6.10 Å². The number of hydrogen-bond donors (Lipinski definition) is 2. The van der Waals surface area contributed by atoms with Crippen LogP contribution in [0.3, 0.4) is 0 Å². The van der Waals surface area contributed by atoms with E-state index < -0.39 is 6.10 Å². The van der Waals surface area contributed by atoms with Crippen molar-refractivity contribution in [2.24, 2.45) is 11.7 Å². The molecule has 1 aromatic carbocycles. The van der Waals surface area contributed by atoms with Crippen LogP contribution in [0.15, 0.2) is 36.4 Å². The summed E-state index contributed by atoms with van der Waals surface area (Å²) in [5.41, 5.74) is 8.52. The van der Waals surface area contributed by atoms with Crippen molar-refractivity contribution in [3.05, 3.63) is 42.0 Å². The topological polar surface area (TPSA) is 49.5 Å². The summed E-state index contributed by atoms with van der Waals surface area (Å²) in [7, 11) is 0. The molecular formula is C18H28N2O. The number of benzene rings is 1. The molecule has 0 spiro atoms. The zero-order valence-electron chi connectivity index (χ0n) is 13.2. The summed E-state index contributed by atoms with van der Waals surface area (Å²) in [4.78, 5) is 2.31. The molecule has 0 radical (unpaired) electrons.